The van der Waals surface area contributed by atoms with E-state index in [9.17, 15) is 0 Å². The summed E-state index contributed by atoms with van der Waals surface area (Å²) in [7, 11) is 1.81. The summed E-state index contributed by atoms with van der Waals surface area (Å²) in [5.74, 6) is 1.91. The van der Waals surface area contributed by atoms with Crippen molar-refractivity contribution in [3.8, 4) is 0 Å². The van der Waals surface area contributed by atoms with Crippen LogP contribution in [0.2, 0.25) is 0 Å². The van der Waals surface area contributed by atoms with Gasteiger partial charge in [0.2, 0.25) is 17.8 Å². The third-order valence-corrected chi connectivity index (χ3v) is 3.90. The average Bonchev–Trinajstić information content (AvgIpc) is 3.17. The van der Waals surface area contributed by atoms with E-state index in [1.54, 1.807) is 17.5 Å². The third kappa shape index (κ3) is 2.96. The predicted octanol–water partition coefficient (Wildman–Crippen LogP) is 1.58. The monoisotopic (exact) mass is 291 g/mol. The number of thiazole rings is 1. The van der Waals surface area contributed by atoms with Crippen molar-refractivity contribution in [2.75, 3.05) is 35.7 Å². The van der Waals surface area contributed by atoms with Crippen molar-refractivity contribution < 1.29 is 0 Å². The van der Waals surface area contributed by atoms with Gasteiger partial charge >= 0.3 is 0 Å². The number of anilines is 3. The van der Waals surface area contributed by atoms with E-state index in [0.717, 1.165) is 24.0 Å². The average molecular weight is 291 g/mol. The molecule has 106 valence electrons. The molecule has 1 aliphatic heterocycles. The van der Waals surface area contributed by atoms with Gasteiger partial charge in [0.15, 0.2) is 0 Å². The van der Waals surface area contributed by atoms with Crippen LogP contribution in [0.5, 0.6) is 0 Å². The standard InChI is InChI=1S/C12H17N7S/c1-13-10-16-11(15-8-9-14-4-7-20-9)18-12(17-10)19-5-2-3-6-19/h4,7H,2-3,5-6,8H2,1H3,(H2,13,15,16,17,18). The number of hydrogen-bond acceptors (Lipinski definition) is 8. The summed E-state index contributed by atoms with van der Waals surface area (Å²) in [6, 6.07) is 0. The van der Waals surface area contributed by atoms with Crippen LogP contribution in [0.1, 0.15) is 17.8 Å². The van der Waals surface area contributed by atoms with Crippen LogP contribution in [0.4, 0.5) is 17.8 Å². The summed E-state index contributed by atoms with van der Waals surface area (Å²) in [5, 5.41) is 9.16. The van der Waals surface area contributed by atoms with Crippen LogP contribution >= 0.6 is 11.3 Å². The lowest BCUT2D eigenvalue weighted by molar-refractivity contribution is 0.877. The first-order valence-electron chi connectivity index (χ1n) is 6.66. The first kappa shape index (κ1) is 13.0. The fraction of sp³-hybridized carbons (Fsp3) is 0.500. The Morgan fingerprint density at radius 1 is 1.20 bits per heavy atom. The normalized spacial score (nSPS) is 14.6. The molecule has 1 saturated heterocycles. The maximum Gasteiger partial charge on any atom is 0.231 e. The summed E-state index contributed by atoms with van der Waals surface area (Å²) in [6.07, 6.45) is 4.19. The van der Waals surface area contributed by atoms with Gasteiger partial charge in [0.05, 0.1) is 6.54 Å². The van der Waals surface area contributed by atoms with E-state index < -0.39 is 0 Å². The lowest BCUT2D eigenvalue weighted by Crippen LogP contribution is -2.22. The van der Waals surface area contributed by atoms with Gasteiger partial charge in [-0.2, -0.15) is 15.0 Å². The fourth-order valence-electron chi connectivity index (χ4n) is 2.11. The number of rotatable bonds is 5. The number of nitrogens with zero attached hydrogens (tertiary/aromatic N) is 5. The van der Waals surface area contributed by atoms with Crippen LogP contribution in [0.3, 0.4) is 0 Å². The molecule has 2 aromatic heterocycles. The largest absolute Gasteiger partial charge is 0.357 e. The van der Waals surface area contributed by atoms with Crippen LogP contribution < -0.4 is 15.5 Å². The van der Waals surface area contributed by atoms with Crippen LogP contribution in [-0.4, -0.2) is 40.1 Å². The molecule has 0 spiro atoms. The number of aromatic nitrogens is 4. The van der Waals surface area contributed by atoms with Gasteiger partial charge in [0, 0.05) is 31.7 Å². The Balaban J connectivity index is 1.76. The van der Waals surface area contributed by atoms with Crippen LogP contribution in [-0.2, 0) is 6.54 Å². The molecule has 8 heteroatoms. The molecule has 20 heavy (non-hydrogen) atoms. The van der Waals surface area contributed by atoms with Crippen molar-refractivity contribution in [3.63, 3.8) is 0 Å². The van der Waals surface area contributed by atoms with Crippen molar-refractivity contribution in [2.45, 2.75) is 19.4 Å². The summed E-state index contributed by atoms with van der Waals surface area (Å²) in [6.45, 7) is 2.66. The predicted molar refractivity (Wildman–Crippen MR) is 80.3 cm³/mol. The molecule has 2 N–H and O–H groups in total. The molecular weight excluding hydrogens is 274 g/mol. The van der Waals surface area contributed by atoms with Crippen LogP contribution in [0.15, 0.2) is 11.6 Å². The zero-order chi connectivity index (χ0) is 13.8. The Hall–Kier alpha value is -1.96. The van der Waals surface area contributed by atoms with E-state index in [-0.39, 0.29) is 0 Å². The Morgan fingerprint density at radius 2 is 2.00 bits per heavy atom. The highest BCUT2D eigenvalue weighted by molar-refractivity contribution is 7.09. The van der Waals surface area contributed by atoms with E-state index in [4.69, 9.17) is 0 Å². The second kappa shape index (κ2) is 6.00. The SMILES string of the molecule is CNc1nc(NCc2nccs2)nc(N2CCCC2)n1. The molecule has 1 fully saturated rings. The third-order valence-electron chi connectivity index (χ3n) is 3.12. The van der Waals surface area contributed by atoms with Gasteiger partial charge in [-0.3, -0.25) is 0 Å². The number of nitrogens with one attached hydrogen (secondary N) is 2. The van der Waals surface area contributed by atoms with Crippen molar-refractivity contribution in [1.82, 2.24) is 19.9 Å². The van der Waals surface area contributed by atoms with Gasteiger partial charge in [-0.1, -0.05) is 0 Å². The van der Waals surface area contributed by atoms with Crippen LogP contribution in [0.25, 0.3) is 0 Å². The molecule has 3 heterocycles. The molecule has 0 amide bonds. The zero-order valence-corrected chi connectivity index (χ0v) is 12.2. The first-order chi connectivity index (χ1) is 9.85. The Labute approximate surface area is 121 Å². The van der Waals surface area contributed by atoms with E-state index in [2.05, 4.69) is 35.5 Å². The van der Waals surface area contributed by atoms with E-state index in [0.29, 0.717) is 18.4 Å². The van der Waals surface area contributed by atoms with E-state index >= 15 is 0 Å². The highest BCUT2D eigenvalue weighted by Gasteiger charge is 2.17. The molecule has 7 nitrogen and oxygen atoms in total. The van der Waals surface area contributed by atoms with Gasteiger partial charge in [0.1, 0.15) is 5.01 Å². The molecular formula is C12H17N7S. The maximum atomic E-state index is 4.49. The van der Waals surface area contributed by atoms with Crippen molar-refractivity contribution in [1.29, 1.82) is 0 Å². The molecule has 0 aromatic carbocycles. The summed E-state index contributed by atoms with van der Waals surface area (Å²) < 4.78 is 0. The van der Waals surface area contributed by atoms with Gasteiger partial charge in [-0.05, 0) is 12.8 Å². The minimum atomic E-state index is 0.585. The summed E-state index contributed by atoms with van der Waals surface area (Å²) >= 11 is 1.61. The molecule has 0 bridgehead atoms. The molecule has 2 aromatic rings. The van der Waals surface area contributed by atoms with Crippen molar-refractivity contribution >= 4 is 29.2 Å². The van der Waals surface area contributed by atoms with Gasteiger partial charge in [-0.25, -0.2) is 4.98 Å². The Bertz CT molecular complexity index is 551. The minimum Gasteiger partial charge on any atom is -0.357 e. The molecule has 0 saturated carbocycles. The zero-order valence-electron chi connectivity index (χ0n) is 11.3. The molecule has 3 rings (SSSR count). The van der Waals surface area contributed by atoms with Gasteiger partial charge in [0.25, 0.3) is 0 Å². The van der Waals surface area contributed by atoms with Gasteiger partial charge in [-0.15, -0.1) is 11.3 Å². The smallest absolute Gasteiger partial charge is 0.231 e. The molecule has 0 unspecified atom stereocenters. The quantitative estimate of drug-likeness (QED) is 0.866. The highest BCUT2D eigenvalue weighted by Crippen LogP contribution is 2.18. The lowest BCUT2D eigenvalue weighted by atomic mass is 10.4. The van der Waals surface area contributed by atoms with E-state index in [1.165, 1.54) is 12.8 Å². The second-order valence-electron chi connectivity index (χ2n) is 4.51. The second-order valence-corrected chi connectivity index (χ2v) is 5.49. The molecule has 0 atom stereocenters. The minimum absolute atomic E-state index is 0.585. The maximum absolute atomic E-state index is 4.49. The first-order valence-corrected chi connectivity index (χ1v) is 7.54. The Kier molecular flexibility index (Phi) is 3.91. The number of hydrogen-bond donors (Lipinski definition) is 2. The lowest BCUT2D eigenvalue weighted by Gasteiger charge is -2.16. The van der Waals surface area contributed by atoms with Crippen molar-refractivity contribution in [2.24, 2.45) is 0 Å². The summed E-state index contributed by atoms with van der Waals surface area (Å²) in [5.41, 5.74) is 0. The van der Waals surface area contributed by atoms with Crippen molar-refractivity contribution in [3.05, 3.63) is 16.6 Å². The van der Waals surface area contributed by atoms with Gasteiger partial charge < -0.3 is 15.5 Å². The molecule has 0 radical (unpaired) electrons. The fourth-order valence-corrected chi connectivity index (χ4v) is 2.67. The molecule has 1 aliphatic rings. The Morgan fingerprint density at radius 3 is 2.70 bits per heavy atom. The topological polar surface area (TPSA) is 78.9 Å². The van der Waals surface area contributed by atoms with Crippen LogP contribution in [0, 0.1) is 0 Å². The van der Waals surface area contributed by atoms with E-state index in [1.807, 2.05) is 12.4 Å². The summed E-state index contributed by atoms with van der Waals surface area (Å²) in [4.78, 5) is 19.7. The highest BCUT2D eigenvalue weighted by atomic mass is 32.1. The molecule has 0 aliphatic carbocycles.